The molecule has 0 N–H and O–H groups in total. The van der Waals surface area contributed by atoms with Crippen molar-refractivity contribution in [2.45, 2.75) is 36.8 Å². The first-order valence-electron chi connectivity index (χ1n) is 14.6. The molecule has 1 aliphatic rings. The lowest BCUT2D eigenvalue weighted by Crippen LogP contribution is -2.35. The van der Waals surface area contributed by atoms with Crippen LogP contribution in [0.4, 0.5) is 5.82 Å². The van der Waals surface area contributed by atoms with Gasteiger partial charge in [0.25, 0.3) is 5.91 Å². The zero-order valence-corrected chi connectivity index (χ0v) is 25.5. The van der Waals surface area contributed by atoms with Crippen molar-refractivity contribution in [3.05, 3.63) is 154 Å². The minimum Gasteiger partial charge on any atom is -0.352 e. The van der Waals surface area contributed by atoms with E-state index in [2.05, 4.69) is 76.6 Å². The van der Waals surface area contributed by atoms with Crippen LogP contribution in [0.3, 0.4) is 0 Å². The van der Waals surface area contributed by atoms with Crippen LogP contribution >= 0.6 is 23.4 Å². The largest absolute Gasteiger partial charge is 0.352 e. The van der Waals surface area contributed by atoms with Crippen molar-refractivity contribution >= 4 is 35.1 Å². The summed E-state index contributed by atoms with van der Waals surface area (Å²) in [7, 11) is 0. The molecule has 0 unspecified atom stereocenters. The molecule has 5 nitrogen and oxygen atoms in total. The molecule has 0 saturated carbocycles. The molecule has 0 spiro atoms. The van der Waals surface area contributed by atoms with Gasteiger partial charge in [0.2, 0.25) is 0 Å². The monoisotopic (exact) mass is 604 g/mol. The number of nitrogens with zero attached hydrogens (tertiary/aromatic N) is 4. The molecule has 0 saturated heterocycles. The Morgan fingerprint density at radius 1 is 0.791 bits per heavy atom. The van der Waals surface area contributed by atoms with Gasteiger partial charge >= 0.3 is 0 Å². The molecule has 2 heterocycles. The zero-order valence-electron chi connectivity index (χ0n) is 23.9. The van der Waals surface area contributed by atoms with E-state index in [0.29, 0.717) is 28.2 Å². The number of hydrogen-bond acceptors (Lipinski definition) is 5. The molecule has 0 bridgehead atoms. The Morgan fingerprint density at radius 2 is 1.47 bits per heavy atom. The van der Waals surface area contributed by atoms with E-state index >= 15 is 0 Å². The van der Waals surface area contributed by atoms with Crippen LogP contribution in [0.1, 0.15) is 38.2 Å². The number of rotatable bonds is 10. The highest BCUT2D eigenvalue weighted by atomic mass is 35.5. The summed E-state index contributed by atoms with van der Waals surface area (Å²) < 4.78 is 0. The summed E-state index contributed by atoms with van der Waals surface area (Å²) in [6, 6.07) is 39.0. The van der Waals surface area contributed by atoms with Gasteiger partial charge in [-0.15, -0.1) is 0 Å². The Kier molecular flexibility index (Phi) is 9.36. The SMILES string of the molecule is O=C(c1ccc(CSc2nc(Cl)cc(N(CCc3ccccc3)Cc3ccccc3)n2)cc1)N1CCc2ccccc2C1. The molecule has 7 heteroatoms. The maximum Gasteiger partial charge on any atom is 0.254 e. The number of carbonyl (C=O) groups is 1. The van der Waals surface area contributed by atoms with Crippen LogP contribution in [0, 0.1) is 0 Å². The molecule has 1 aliphatic heterocycles. The fourth-order valence-electron chi connectivity index (χ4n) is 5.34. The van der Waals surface area contributed by atoms with Crippen molar-refractivity contribution < 1.29 is 4.79 Å². The molecule has 0 fully saturated rings. The van der Waals surface area contributed by atoms with Gasteiger partial charge in [0.15, 0.2) is 5.16 Å². The Balaban J connectivity index is 1.12. The van der Waals surface area contributed by atoms with Crippen molar-refractivity contribution in [2.75, 3.05) is 18.0 Å². The summed E-state index contributed by atoms with van der Waals surface area (Å²) in [6.07, 6.45) is 1.79. The smallest absolute Gasteiger partial charge is 0.254 e. The number of hydrogen-bond donors (Lipinski definition) is 0. The van der Waals surface area contributed by atoms with Gasteiger partial charge in [0, 0.05) is 43.6 Å². The van der Waals surface area contributed by atoms with E-state index < -0.39 is 0 Å². The van der Waals surface area contributed by atoms with Crippen LogP contribution in [0.25, 0.3) is 0 Å². The summed E-state index contributed by atoms with van der Waals surface area (Å²) in [5.41, 5.74) is 6.87. The summed E-state index contributed by atoms with van der Waals surface area (Å²) in [6.45, 7) is 2.93. The predicted molar refractivity (Wildman–Crippen MR) is 176 cm³/mol. The van der Waals surface area contributed by atoms with E-state index in [4.69, 9.17) is 16.6 Å². The van der Waals surface area contributed by atoms with E-state index in [9.17, 15) is 4.79 Å². The lowest BCUT2D eigenvalue weighted by atomic mass is 9.99. The van der Waals surface area contributed by atoms with Gasteiger partial charge < -0.3 is 9.80 Å². The number of fused-ring (bicyclic) bond motifs is 1. The first-order valence-corrected chi connectivity index (χ1v) is 15.9. The zero-order chi connectivity index (χ0) is 29.4. The second kappa shape index (κ2) is 13.9. The van der Waals surface area contributed by atoms with Gasteiger partial charge in [-0.05, 0) is 52.8 Å². The van der Waals surface area contributed by atoms with E-state index in [1.54, 1.807) is 11.8 Å². The summed E-state index contributed by atoms with van der Waals surface area (Å²) >= 11 is 8.07. The Bertz CT molecular complexity index is 1660. The Labute approximate surface area is 262 Å². The van der Waals surface area contributed by atoms with Crippen LogP contribution in [0.2, 0.25) is 5.15 Å². The van der Waals surface area contributed by atoms with Crippen LogP contribution in [-0.2, 0) is 31.7 Å². The maximum absolute atomic E-state index is 13.2. The van der Waals surface area contributed by atoms with E-state index in [1.165, 1.54) is 22.3 Å². The fourth-order valence-corrected chi connectivity index (χ4v) is 6.38. The third-order valence-corrected chi connectivity index (χ3v) is 8.81. The highest BCUT2D eigenvalue weighted by molar-refractivity contribution is 7.98. The standard InChI is InChI=1S/C36H33ClN4OS/c37-33-23-34(40(24-28-11-5-2-6-12-28)21-19-27-9-3-1-4-10-27)39-36(38-33)43-26-29-15-17-31(18-16-29)35(42)41-22-20-30-13-7-8-14-32(30)25-41/h1-18,23H,19-22,24-26H2. The highest BCUT2D eigenvalue weighted by Gasteiger charge is 2.21. The number of benzene rings is 4. The van der Waals surface area contributed by atoms with Crippen molar-refractivity contribution in [2.24, 2.45) is 0 Å². The van der Waals surface area contributed by atoms with Gasteiger partial charge in [0.05, 0.1) is 0 Å². The topological polar surface area (TPSA) is 49.3 Å². The third kappa shape index (κ3) is 7.64. The van der Waals surface area contributed by atoms with Gasteiger partial charge in [0.1, 0.15) is 11.0 Å². The molecule has 216 valence electrons. The van der Waals surface area contributed by atoms with Crippen LogP contribution in [-0.4, -0.2) is 33.9 Å². The maximum atomic E-state index is 13.2. The molecule has 1 amide bonds. The van der Waals surface area contributed by atoms with Gasteiger partial charge in [-0.2, -0.15) is 0 Å². The summed E-state index contributed by atoms with van der Waals surface area (Å²) in [5, 5.41) is 1.06. The number of carbonyl (C=O) groups excluding carboxylic acids is 1. The van der Waals surface area contributed by atoms with Gasteiger partial charge in [-0.25, -0.2) is 9.97 Å². The Morgan fingerprint density at radius 3 is 2.21 bits per heavy atom. The molecule has 5 aromatic rings. The average molecular weight is 605 g/mol. The number of anilines is 1. The normalized spacial score (nSPS) is 12.5. The second-order valence-corrected chi connectivity index (χ2v) is 12.0. The Hall–Kier alpha value is -4.13. The minimum atomic E-state index is 0.0746. The first-order chi connectivity index (χ1) is 21.1. The van der Waals surface area contributed by atoms with E-state index in [-0.39, 0.29) is 5.91 Å². The number of aromatic nitrogens is 2. The molecule has 0 radical (unpaired) electrons. The molecule has 6 rings (SSSR count). The number of amides is 1. The van der Waals surface area contributed by atoms with Crippen LogP contribution in [0.5, 0.6) is 0 Å². The lowest BCUT2D eigenvalue weighted by Gasteiger charge is -2.29. The van der Waals surface area contributed by atoms with Crippen LogP contribution in [0.15, 0.2) is 120 Å². The average Bonchev–Trinajstić information content (AvgIpc) is 3.06. The fraction of sp³-hybridized carbons (Fsp3) is 0.194. The second-order valence-electron chi connectivity index (χ2n) is 10.7. The van der Waals surface area contributed by atoms with Crippen LogP contribution < -0.4 is 4.90 Å². The van der Waals surface area contributed by atoms with Crippen molar-refractivity contribution in [3.8, 4) is 0 Å². The molecule has 0 aliphatic carbocycles. The lowest BCUT2D eigenvalue weighted by molar-refractivity contribution is 0.0734. The number of halogens is 1. The number of thioether (sulfide) groups is 1. The molecule has 0 atom stereocenters. The van der Waals surface area contributed by atoms with Gasteiger partial charge in [-0.1, -0.05) is 120 Å². The molecule has 1 aromatic heterocycles. The van der Waals surface area contributed by atoms with Crippen molar-refractivity contribution in [1.29, 1.82) is 0 Å². The molecule has 43 heavy (non-hydrogen) atoms. The van der Waals surface area contributed by atoms with Gasteiger partial charge in [-0.3, -0.25) is 4.79 Å². The van der Waals surface area contributed by atoms with E-state index in [1.807, 2.05) is 53.4 Å². The molecular weight excluding hydrogens is 572 g/mol. The van der Waals surface area contributed by atoms with Crippen molar-refractivity contribution in [1.82, 2.24) is 14.9 Å². The highest BCUT2D eigenvalue weighted by Crippen LogP contribution is 2.27. The minimum absolute atomic E-state index is 0.0746. The first kappa shape index (κ1) is 29.0. The summed E-state index contributed by atoms with van der Waals surface area (Å²) in [4.78, 5) is 26.8. The van der Waals surface area contributed by atoms with Crippen molar-refractivity contribution in [3.63, 3.8) is 0 Å². The quantitative estimate of drug-likeness (QED) is 0.0922. The third-order valence-electron chi connectivity index (χ3n) is 7.70. The molecular formula is C36H33ClN4OS. The predicted octanol–water partition coefficient (Wildman–Crippen LogP) is 7.87. The van der Waals surface area contributed by atoms with E-state index in [0.717, 1.165) is 43.9 Å². The molecule has 4 aromatic carbocycles. The summed E-state index contributed by atoms with van der Waals surface area (Å²) in [5.74, 6) is 1.56.